The first-order valence-electron chi connectivity index (χ1n) is 12.0. The van der Waals surface area contributed by atoms with Crippen molar-refractivity contribution >= 4 is 11.8 Å². The molecule has 2 aromatic heterocycles. The predicted octanol–water partition coefficient (Wildman–Crippen LogP) is 1.80. The van der Waals surface area contributed by atoms with Crippen LogP contribution in [0.1, 0.15) is 28.2 Å². The average molecular weight is 602 g/mol. The smallest absolute Gasteiger partial charge is 0.406 e. The molecule has 226 valence electrons. The van der Waals surface area contributed by atoms with Gasteiger partial charge in [0.1, 0.15) is 29.4 Å². The van der Waals surface area contributed by atoms with Crippen LogP contribution in [0, 0.1) is 11.6 Å². The molecular formula is C24H25F6N9O3. The van der Waals surface area contributed by atoms with Crippen LogP contribution in [0.3, 0.4) is 0 Å². The SMILES string of the molecule is N/C(=C\N(N)CCC(F)Cn1cc(C(=O)NCc2ncccc2F)nn1)NC(=O)Cc1cc(OC(F)(F)F)ccc1F. The second-order valence-corrected chi connectivity index (χ2v) is 8.67. The molecule has 0 saturated heterocycles. The summed E-state index contributed by atoms with van der Waals surface area (Å²) in [6.07, 6.45) is -3.64. The highest BCUT2D eigenvalue weighted by molar-refractivity contribution is 5.91. The van der Waals surface area contributed by atoms with Crippen molar-refractivity contribution in [2.24, 2.45) is 11.6 Å². The highest BCUT2D eigenvalue weighted by Crippen LogP contribution is 2.25. The molecule has 1 atom stereocenters. The van der Waals surface area contributed by atoms with Gasteiger partial charge >= 0.3 is 6.36 Å². The molecule has 42 heavy (non-hydrogen) atoms. The van der Waals surface area contributed by atoms with Crippen LogP contribution in [0.25, 0.3) is 0 Å². The van der Waals surface area contributed by atoms with Crippen LogP contribution >= 0.6 is 0 Å². The maximum absolute atomic E-state index is 14.5. The second kappa shape index (κ2) is 14.2. The molecule has 0 spiro atoms. The molecule has 3 aromatic rings. The minimum absolute atomic E-state index is 0.0290. The molecule has 0 saturated carbocycles. The molecule has 0 bridgehead atoms. The van der Waals surface area contributed by atoms with Gasteiger partial charge < -0.3 is 26.1 Å². The topological polar surface area (TPSA) is 166 Å². The van der Waals surface area contributed by atoms with Gasteiger partial charge in [0, 0.05) is 18.3 Å². The predicted molar refractivity (Wildman–Crippen MR) is 133 cm³/mol. The standard InChI is InChI=1S/C24H25F6N9O3/c25-15(11-39-12-20(36-37-39)23(41)34-10-19-18(27)2-1-6-33-19)5-7-38(32)13-21(31)35-22(40)9-14-8-16(3-4-17(14)26)42-24(28,29)30/h1-4,6,8,12-13,15H,5,7,9-11,31-32H2,(H,34,41)(H,35,40)/b21-13+. The third kappa shape index (κ3) is 10.3. The Kier molecular flexibility index (Phi) is 10.7. The Morgan fingerprint density at radius 2 is 1.95 bits per heavy atom. The number of halogens is 6. The van der Waals surface area contributed by atoms with E-state index in [4.69, 9.17) is 11.6 Å². The molecule has 6 N–H and O–H groups in total. The number of benzene rings is 1. The Hall–Kier alpha value is -4.87. The number of rotatable bonds is 13. The van der Waals surface area contributed by atoms with Crippen molar-refractivity contribution in [3.63, 3.8) is 0 Å². The van der Waals surface area contributed by atoms with Gasteiger partial charge in [-0.15, -0.1) is 18.3 Å². The number of pyridine rings is 1. The number of amides is 2. The molecule has 12 nitrogen and oxygen atoms in total. The third-order valence-corrected chi connectivity index (χ3v) is 5.30. The van der Waals surface area contributed by atoms with Crippen LogP contribution in [0.15, 0.2) is 54.7 Å². The molecule has 1 unspecified atom stereocenters. The number of nitrogens with one attached hydrogen (secondary N) is 2. The number of hydrazine groups is 1. The van der Waals surface area contributed by atoms with Crippen molar-refractivity contribution in [1.29, 1.82) is 0 Å². The van der Waals surface area contributed by atoms with Gasteiger partial charge in [-0.25, -0.2) is 23.7 Å². The monoisotopic (exact) mass is 601 g/mol. The first kappa shape index (κ1) is 31.7. The summed E-state index contributed by atoms with van der Waals surface area (Å²) in [7, 11) is 0. The molecule has 0 radical (unpaired) electrons. The van der Waals surface area contributed by atoms with Gasteiger partial charge in [0.2, 0.25) is 5.91 Å². The lowest BCUT2D eigenvalue weighted by molar-refractivity contribution is -0.274. The highest BCUT2D eigenvalue weighted by Gasteiger charge is 2.31. The first-order chi connectivity index (χ1) is 19.8. The molecule has 0 aliphatic carbocycles. The minimum atomic E-state index is -4.99. The summed E-state index contributed by atoms with van der Waals surface area (Å²) in [6.45, 7) is -0.545. The summed E-state index contributed by atoms with van der Waals surface area (Å²) in [5.74, 6) is 1.70. The van der Waals surface area contributed by atoms with E-state index >= 15 is 0 Å². The van der Waals surface area contributed by atoms with Gasteiger partial charge in [-0.1, -0.05) is 5.21 Å². The Labute approximate surface area is 234 Å². The van der Waals surface area contributed by atoms with Crippen molar-refractivity contribution < 1.29 is 40.7 Å². The Bertz CT molecular complexity index is 1420. The summed E-state index contributed by atoms with van der Waals surface area (Å²) in [5.41, 5.74) is 5.21. The van der Waals surface area contributed by atoms with Crippen LogP contribution in [0.4, 0.5) is 26.3 Å². The zero-order valence-electron chi connectivity index (χ0n) is 21.6. The van der Waals surface area contributed by atoms with E-state index in [0.717, 1.165) is 34.1 Å². The van der Waals surface area contributed by atoms with E-state index in [-0.39, 0.29) is 48.8 Å². The zero-order valence-corrected chi connectivity index (χ0v) is 21.6. The van der Waals surface area contributed by atoms with E-state index in [1.54, 1.807) is 0 Å². The second-order valence-electron chi connectivity index (χ2n) is 8.67. The van der Waals surface area contributed by atoms with Gasteiger partial charge in [-0.3, -0.25) is 14.6 Å². The molecule has 1 aromatic carbocycles. The van der Waals surface area contributed by atoms with E-state index in [1.807, 2.05) is 0 Å². The summed E-state index contributed by atoms with van der Waals surface area (Å²) >= 11 is 0. The number of hydrogen-bond donors (Lipinski definition) is 4. The quantitative estimate of drug-likeness (QED) is 0.130. The molecule has 0 aliphatic heterocycles. The van der Waals surface area contributed by atoms with Crippen LogP contribution in [0.5, 0.6) is 5.75 Å². The van der Waals surface area contributed by atoms with Gasteiger partial charge in [0.05, 0.1) is 37.6 Å². The Balaban J connectivity index is 1.42. The van der Waals surface area contributed by atoms with E-state index in [1.165, 1.54) is 24.5 Å². The maximum Gasteiger partial charge on any atom is 0.573 e. The summed E-state index contributed by atoms with van der Waals surface area (Å²) in [4.78, 5) is 28.2. The molecule has 2 amide bonds. The largest absolute Gasteiger partial charge is 0.573 e. The van der Waals surface area contributed by atoms with E-state index in [0.29, 0.717) is 0 Å². The number of ether oxygens (including phenoxy) is 1. The van der Waals surface area contributed by atoms with Crippen molar-refractivity contribution in [2.75, 3.05) is 6.54 Å². The van der Waals surface area contributed by atoms with E-state index in [2.05, 4.69) is 30.7 Å². The summed E-state index contributed by atoms with van der Waals surface area (Å²) in [6, 6.07) is 4.81. The van der Waals surface area contributed by atoms with Crippen molar-refractivity contribution in [2.45, 2.75) is 38.5 Å². The lowest BCUT2D eigenvalue weighted by atomic mass is 10.1. The molecule has 2 heterocycles. The normalized spacial score (nSPS) is 12.5. The van der Waals surface area contributed by atoms with Crippen LogP contribution in [-0.2, 0) is 24.3 Å². The number of nitrogens with two attached hydrogens (primary N) is 2. The number of aromatic nitrogens is 4. The zero-order chi connectivity index (χ0) is 30.9. The molecule has 3 rings (SSSR count). The van der Waals surface area contributed by atoms with Crippen molar-refractivity contribution in [3.8, 4) is 5.75 Å². The van der Waals surface area contributed by atoms with Gasteiger partial charge in [0.25, 0.3) is 5.91 Å². The number of nitrogens with zero attached hydrogens (tertiary/aromatic N) is 5. The lowest BCUT2D eigenvalue weighted by Crippen LogP contribution is -2.35. The van der Waals surface area contributed by atoms with Gasteiger partial charge in [-0.05, 0) is 36.8 Å². The summed E-state index contributed by atoms with van der Waals surface area (Å²) in [5, 5.41) is 12.9. The van der Waals surface area contributed by atoms with Crippen molar-refractivity contribution in [3.05, 3.63) is 83.3 Å². The number of carbonyl (C=O) groups excluding carboxylic acids is 2. The molecular weight excluding hydrogens is 576 g/mol. The Morgan fingerprint density at radius 1 is 1.19 bits per heavy atom. The van der Waals surface area contributed by atoms with E-state index < -0.39 is 48.2 Å². The third-order valence-electron chi connectivity index (χ3n) is 5.30. The minimum Gasteiger partial charge on any atom is -0.406 e. The van der Waals surface area contributed by atoms with Crippen LogP contribution < -0.4 is 26.9 Å². The fourth-order valence-corrected chi connectivity index (χ4v) is 3.42. The fraction of sp³-hybridized carbons (Fsp3) is 0.292. The first-order valence-corrected chi connectivity index (χ1v) is 12.0. The van der Waals surface area contributed by atoms with E-state index in [9.17, 15) is 35.9 Å². The van der Waals surface area contributed by atoms with Crippen LogP contribution in [0.2, 0.25) is 0 Å². The molecule has 18 heteroatoms. The number of hydrogen-bond acceptors (Lipinski definition) is 9. The molecule has 0 aliphatic rings. The van der Waals surface area contributed by atoms with Crippen molar-refractivity contribution in [1.82, 2.24) is 35.6 Å². The fourth-order valence-electron chi connectivity index (χ4n) is 3.42. The number of alkyl halides is 4. The lowest BCUT2D eigenvalue weighted by Gasteiger charge is -2.17. The maximum atomic E-state index is 14.5. The Morgan fingerprint density at radius 3 is 2.67 bits per heavy atom. The van der Waals surface area contributed by atoms with Gasteiger partial charge in [-0.2, -0.15) is 0 Å². The van der Waals surface area contributed by atoms with Gasteiger partial charge in [0.15, 0.2) is 5.69 Å². The summed E-state index contributed by atoms with van der Waals surface area (Å²) < 4.78 is 83.9. The van der Waals surface area contributed by atoms with Crippen LogP contribution in [-0.4, -0.2) is 55.9 Å². The molecule has 0 fully saturated rings. The highest BCUT2D eigenvalue weighted by atomic mass is 19.4. The average Bonchev–Trinajstić information content (AvgIpc) is 3.36. The number of carbonyl (C=O) groups is 2.